The molecule has 0 saturated carbocycles. The number of piperidine rings is 1. The van der Waals surface area contributed by atoms with Gasteiger partial charge in [-0.3, -0.25) is 19.1 Å². The third kappa shape index (κ3) is 6.15. The van der Waals surface area contributed by atoms with Gasteiger partial charge < -0.3 is 4.90 Å². The molecule has 0 bridgehead atoms. The molecule has 0 radical (unpaired) electrons. The maximum absolute atomic E-state index is 13.6. The van der Waals surface area contributed by atoms with Crippen molar-refractivity contribution in [1.29, 1.82) is 5.26 Å². The number of unbranched alkanes of at least 4 members (excludes halogenated alkanes) is 1. The average Bonchev–Trinajstić information content (AvgIpc) is 3.22. The zero-order valence-electron chi connectivity index (χ0n) is 23.4. The number of nitrogens with zero attached hydrogens (tertiary/aromatic N) is 4. The molecule has 0 N–H and O–H groups in total. The number of thioether (sulfide) groups is 1. The summed E-state index contributed by atoms with van der Waals surface area (Å²) in [5, 5.41) is 9.95. The number of benzene rings is 1. The van der Waals surface area contributed by atoms with Crippen LogP contribution in [0.3, 0.4) is 0 Å². The molecule has 1 aromatic heterocycles. The van der Waals surface area contributed by atoms with Gasteiger partial charge in [-0.25, -0.2) is 0 Å². The highest BCUT2D eigenvalue weighted by Gasteiger charge is 2.36. The molecule has 4 rings (SSSR count). The monoisotopic (exact) mass is 562 g/mol. The summed E-state index contributed by atoms with van der Waals surface area (Å²) in [4.78, 5) is 31.5. The van der Waals surface area contributed by atoms with Crippen LogP contribution >= 0.6 is 24.0 Å². The summed E-state index contributed by atoms with van der Waals surface area (Å²) >= 11 is 6.88. The first-order chi connectivity index (χ1) is 18.8. The molecule has 0 spiro atoms. The second-order valence-corrected chi connectivity index (χ2v) is 12.3. The van der Waals surface area contributed by atoms with Crippen LogP contribution in [0.1, 0.15) is 75.1 Å². The van der Waals surface area contributed by atoms with E-state index in [4.69, 9.17) is 12.2 Å². The minimum atomic E-state index is -0.242. The molecule has 39 heavy (non-hydrogen) atoms. The standard InChI is InChI=1S/C31H38N4O2S2/c1-5-7-15-34-28(33-16-13-24(14-17-33)18-23-11-9-8-10-12-23)25(22(4)26(20-32)29(34)36)19-27-30(37)35(21(3)6-2)31(38)39-27/h8-12,19,21,24H,5-7,13-18H2,1-4H3/b27-19-. The Kier molecular flexibility index (Phi) is 9.68. The smallest absolute Gasteiger partial charge is 0.270 e. The molecule has 1 aromatic carbocycles. The third-order valence-corrected chi connectivity index (χ3v) is 9.32. The van der Waals surface area contributed by atoms with Crippen molar-refractivity contribution in [3.63, 3.8) is 0 Å². The van der Waals surface area contributed by atoms with Crippen LogP contribution in [0.25, 0.3) is 6.08 Å². The van der Waals surface area contributed by atoms with Gasteiger partial charge in [0, 0.05) is 31.2 Å². The molecular formula is C31H38N4O2S2. The van der Waals surface area contributed by atoms with Gasteiger partial charge in [-0.1, -0.05) is 74.6 Å². The van der Waals surface area contributed by atoms with Gasteiger partial charge in [-0.15, -0.1) is 0 Å². The van der Waals surface area contributed by atoms with Crippen molar-refractivity contribution in [2.75, 3.05) is 18.0 Å². The van der Waals surface area contributed by atoms with Crippen LogP contribution in [0.2, 0.25) is 0 Å². The molecule has 1 atom stereocenters. The first kappa shape index (κ1) is 29.1. The van der Waals surface area contributed by atoms with Crippen LogP contribution in [0.4, 0.5) is 5.82 Å². The number of nitriles is 1. The topological polar surface area (TPSA) is 69.3 Å². The second kappa shape index (κ2) is 13.0. The number of rotatable bonds is 9. The summed E-state index contributed by atoms with van der Waals surface area (Å²) in [6, 6.07) is 12.8. The minimum absolute atomic E-state index is 0.0146. The zero-order valence-corrected chi connectivity index (χ0v) is 25.0. The molecule has 2 aliphatic rings. The molecular weight excluding hydrogens is 525 g/mol. The van der Waals surface area contributed by atoms with Crippen LogP contribution in [0, 0.1) is 24.2 Å². The SMILES string of the molecule is CCCCn1c(N2CCC(Cc3ccccc3)CC2)c(/C=C2\SC(=S)N(C(C)CC)C2=O)c(C)c(C#N)c1=O. The summed E-state index contributed by atoms with van der Waals surface area (Å²) < 4.78 is 2.34. The lowest BCUT2D eigenvalue weighted by Gasteiger charge is -2.36. The Balaban J connectivity index is 1.75. The van der Waals surface area contributed by atoms with E-state index >= 15 is 0 Å². The zero-order chi connectivity index (χ0) is 28.1. The highest BCUT2D eigenvalue weighted by atomic mass is 32.2. The fourth-order valence-electron chi connectivity index (χ4n) is 5.48. The van der Waals surface area contributed by atoms with E-state index in [1.54, 1.807) is 9.47 Å². The summed E-state index contributed by atoms with van der Waals surface area (Å²) in [6.07, 6.45) is 7.55. The van der Waals surface area contributed by atoms with E-state index in [9.17, 15) is 14.9 Å². The number of aromatic nitrogens is 1. The minimum Gasteiger partial charge on any atom is -0.357 e. The summed E-state index contributed by atoms with van der Waals surface area (Å²) in [5.74, 6) is 1.31. The van der Waals surface area contributed by atoms with Gasteiger partial charge >= 0.3 is 0 Å². The number of pyridine rings is 1. The number of anilines is 1. The first-order valence-electron chi connectivity index (χ1n) is 14.0. The predicted octanol–water partition coefficient (Wildman–Crippen LogP) is 6.29. The molecule has 2 fully saturated rings. The maximum atomic E-state index is 13.6. The molecule has 1 unspecified atom stereocenters. The third-order valence-electron chi connectivity index (χ3n) is 7.99. The summed E-state index contributed by atoms with van der Waals surface area (Å²) in [5.41, 5.74) is 2.68. The predicted molar refractivity (Wildman–Crippen MR) is 165 cm³/mol. The normalized spacial score (nSPS) is 18.2. The molecule has 6 nitrogen and oxygen atoms in total. The Labute approximate surface area is 241 Å². The summed E-state index contributed by atoms with van der Waals surface area (Å²) in [6.45, 7) is 10.2. The Hall–Kier alpha value is -2.89. The molecule has 8 heteroatoms. The van der Waals surface area contributed by atoms with Gasteiger partial charge in [-0.2, -0.15) is 5.26 Å². The Morgan fingerprint density at radius 3 is 2.49 bits per heavy atom. The van der Waals surface area contributed by atoms with Gasteiger partial charge in [0.1, 0.15) is 21.8 Å². The van der Waals surface area contributed by atoms with Crippen molar-refractivity contribution in [3.8, 4) is 6.07 Å². The molecule has 206 valence electrons. The van der Waals surface area contributed by atoms with Crippen molar-refractivity contribution in [2.24, 2.45) is 5.92 Å². The van der Waals surface area contributed by atoms with Gasteiger partial charge in [0.25, 0.3) is 11.5 Å². The van der Waals surface area contributed by atoms with Crippen molar-refractivity contribution >= 4 is 46.1 Å². The Morgan fingerprint density at radius 1 is 1.18 bits per heavy atom. The van der Waals surface area contributed by atoms with E-state index in [1.807, 2.05) is 32.9 Å². The van der Waals surface area contributed by atoms with Crippen molar-refractivity contribution < 1.29 is 4.79 Å². The van der Waals surface area contributed by atoms with E-state index in [0.717, 1.165) is 63.0 Å². The highest BCUT2D eigenvalue weighted by molar-refractivity contribution is 8.26. The molecule has 3 heterocycles. The van der Waals surface area contributed by atoms with E-state index in [2.05, 4.69) is 42.2 Å². The molecule has 2 aromatic rings. The average molecular weight is 563 g/mol. The van der Waals surface area contributed by atoms with Crippen LogP contribution in [0.15, 0.2) is 40.0 Å². The molecule has 2 saturated heterocycles. The van der Waals surface area contributed by atoms with Gasteiger partial charge in [-0.05, 0) is 69.1 Å². The molecule has 2 aliphatic heterocycles. The maximum Gasteiger partial charge on any atom is 0.270 e. The van der Waals surface area contributed by atoms with Crippen molar-refractivity contribution in [1.82, 2.24) is 9.47 Å². The van der Waals surface area contributed by atoms with Crippen LogP contribution in [-0.4, -0.2) is 38.8 Å². The van der Waals surface area contributed by atoms with E-state index in [-0.39, 0.29) is 23.1 Å². The lowest BCUT2D eigenvalue weighted by molar-refractivity contribution is -0.123. The van der Waals surface area contributed by atoms with Gasteiger partial charge in [0.15, 0.2) is 0 Å². The van der Waals surface area contributed by atoms with E-state index in [1.165, 1.54) is 17.3 Å². The van der Waals surface area contributed by atoms with Crippen LogP contribution in [0.5, 0.6) is 0 Å². The Morgan fingerprint density at radius 2 is 1.87 bits per heavy atom. The Bertz CT molecular complexity index is 1350. The van der Waals surface area contributed by atoms with E-state index in [0.29, 0.717) is 27.3 Å². The van der Waals surface area contributed by atoms with Gasteiger partial charge in [0.05, 0.1) is 4.91 Å². The number of hydrogen-bond acceptors (Lipinski definition) is 6. The molecule has 1 amide bonds. The fourth-order valence-corrected chi connectivity index (χ4v) is 6.92. The number of carbonyl (C=O) groups is 1. The van der Waals surface area contributed by atoms with Crippen molar-refractivity contribution in [2.45, 2.75) is 78.8 Å². The van der Waals surface area contributed by atoms with Gasteiger partial charge in [0.2, 0.25) is 0 Å². The summed E-state index contributed by atoms with van der Waals surface area (Å²) in [7, 11) is 0. The second-order valence-electron chi connectivity index (χ2n) is 10.6. The van der Waals surface area contributed by atoms with Crippen LogP contribution in [-0.2, 0) is 17.8 Å². The lowest BCUT2D eigenvalue weighted by Crippen LogP contribution is -2.40. The van der Waals surface area contributed by atoms with E-state index < -0.39 is 0 Å². The number of thiocarbonyl (C=S) groups is 1. The number of hydrogen-bond donors (Lipinski definition) is 0. The molecule has 0 aliphatic carbocycles. The lowest BCUT2D eigenvalue weighted by atomic mass is 9.90. The van der Waals surface area contributed by atoms with Crippen LogP contribution < -0.4 is 10.5 Å². The quantitative estimate of drug-likeness (QED) is 0.264. The highest BCUT2D eigenvalue weighted by Crippen LogP contribution is 2.38. The largest absolute Gasteiger partial charge is 0.357 e. The van der Waals surface area contributed by atoms with Crippen molar-refractivity contribution in [3.05, 3.63) is 67.8 Å². The fraction of sp³-hybridized carbons (Fsp3) is 0.484. The first-order valence-corrected chi connectivity index (χ1v) is 15.3. The number of carbonyl (C=O) groups excluding carboxylic acids is 1. The number of amides is 1.